The molecule has 1 saturated heterocycles. The molecule has 1 aliphatic heterocycles. The van der Waals surface area contributed by atoms with Gasteiger partial charge in [0.05, 0.1) is 31.6 Å². The molecule has 2 unspecified atom stereocenters. The van der Waals surface area contributed by atoms with E-state index < -0.39 is 57.8 Å². The minimum Gasteiger partial charge on any atom is -0.462 e. The summed E-state index contributed by atoms with van der Waals surface area (Å²) >= 11 is 19.4. The van der Waals surface area contributed by atoms with E-state index in [4.69, 9.17) is 53.5 Å². The highest BCUT2D eigenvalue weighted by molar-refractivity contribution is 8.13. The van der Waals surface area contributed by atoms with Gasteiger partial charge in [0.15, 0.2) is 15.7 Å². The second kappa shape index (κ2) is 13.9. The standard InChI is InChI=1S/C22H33Cl2FN3O8PS2/c1-12(2)35-17(30)13(3)27-37(38,33-7-8-39-19(31)21(4,5)6)34-11-14-9-22(23,24)18(36-14)28-10-15(25)16(29)26-20(28)32/h10,12-14,18H,7-9,11H2,1-6H3,(H,27,38)(H,26,29,32)/t13?,14-,18+,37?/m0/s1. The maximum absolute atomic E-state index is 13.8. The van der Waals surface area contributed by atoms with Crippen LogP contribution in [-0.4, -0.2) is 62.2 Å². The minimum atomic E-state index is -3.37. The first kappa shape index (κ1) is 34.4. The molecule has 1 aromatic rings. The average molecular weight is 653 g/mol. The summed E-state index contributed by atoms with van der Waals surface area (Å²) in [6.45, 7) is 6.81. The number of nitrogens with zero attached hydrogens (tertiary/aromatic N) is 1. The number of nitrogens with one attached hydrogen (secondary N) is 2. The van der Waals surface area contributed by atoms with Gasteiger partial charge in [-0.3, -0.25) is 23.9 Å². The van der Waals surface area contributed by atoms with Crippen LogP contribution in [-0.2, 0) is 39.9 Å². The molecule has 2 rings (SSSR count). The van der Waals surface area contributed by atoms with Crippen LogP contribution in [0.5, 0.6) is 0 Å². The van der Waals surface area contributed by atoms with Crippen molar-refractivity contribution in [1.29, 1.82) is 0 Å². The van der Waals surface area contributed by atoms with Gasteiger partial charge in [0.1, 0.15) is 6.04 Å². The van der Waals surface area contributed by atoms with Crippen LogP contribution in [0, 0.1) is 11.2 Å². The summed E-state index contributed by atoms with van der Waals surface area (Å²) in [6, 6.07) is -0.887. The SMILES string of the molecule is CC(C)OC(=O)C(C)NP(=S)(OCCSC(=O)C(C)(C)C)OC[C@@H]1CC(Cl)(Cl)[C@H](n2cc(F)c(=O)[nH]c2=O)O1. The second-order valence-electron chi connectivity index (χ2n) is 10.1. The summed E-state index contributed by atoms with van der Waals surface area (Å²) in [5.41, 5.74) is -2.69. The quantitative estimate of drug-likeness (QED) is 0.148. The van der Waals surface area contributed by atoms with Crippen LogP contribution < -0.4 is 16.3 Å². The van der Waals surface area contributed by atoms with E-state index in [0.717, 1.165) is 16.3 Å². The lowest BCUT2D eigenvalue weighted by Crippen LogP contribution is -2.38. The molecule has 0 saturated carbocycles. The number of H-pyrrole nitrogens is 1. The highest BCUT2D eigenvalue weighted by Gasteiger charge is 2.48. The Morgan fingerprint density at radius 3 is 2.56 bits per heavy atom. The lowest BCUT2D eigenvalue weighted by Gasteiger charge is -2.27. The topological polar surface area (TPSA) is 138 Å². The highest BCUT2D eigenvalue weighted by Crippen LogP contribution is 2.49. The lowest BCUT2D eigenvalue weighted by molar-refractivity contribution is -0.149. The van der Waals surface area contributed by atoms with E-state index in [2.05, 4.69) is 5.09 Å². The molecule has 4 atom stereocenters. The van der Waals surface area contributed by atoms with Crippen molar-refractivity contribution in [3.8, 4) is 0 Å². The zero-order valence-corrected chi connectivity index (χ0v) is 26.4. The lowest BCUT2D eigenvalue weighted by atomic mass is 10.00. The van der Waals surface area contributed by atoms with Gasteiger partial charge in [0.25, 0.3) is 12.2 Å². The Labute approximate surface area is 245 Å². The largest absolute Gasteiger partial charge is 0.462 e. The van der Waals surface area contributed by atoms with Crippen LogP contribution in [0.1, 0.15) is 54.2 Å². The van der Waals surface area contributed by atoms with Crippen molar-refractivity contribution in [3.63, 3.8) is 0 Å². The van der Waals surface area contributed by atoms with Crippen molar-refractivity contribution in [2.24, 2.45) is 5.41 Å². The molecule has 1 aromatic heterocycles. The first-order valence-corrected chi connectivity index (χ1v) is 16.3. The summed E-state index contributed by atoms with van der Waals surface area (Å²) in [6.07, 6.45) is -1.92. The Morgan fingerprint density at radius 2 is 1.97 bits per heavy atom. The van der Waals surface area contributed by atoms with Crippen LogP contribution >= 0.6 is 41.6 Å². The molecule has 0 radical (unpaired) electrons. The van der Waals surface area contributed by atoms with Crippen molar-refractivity contribution in [1.82, 2.24) is 14.6 Å². The van der Waals surface area contributed by atoms with Crippen LogP contribution in [0.4, 0.5) is 4.39 Å². The number of carbonyl (C=O) groups is 2. The Bertz CT molecular complexity index is 1210. The van der Waals surface area contributed by atoms with E-state index in [1.807, 2.05) is 4.98 Å². The third kappa shape index (κ3) is 10.2. The highest BCUT2D eigenvalue weighted by atomic mass is 35.5. The molecule has 0 spiro atoms. The van der Waals surface area contributed by atoms with E-state index in [-0.39, 0.29) is 30.9 Å². The third-order valence-electron chi connectivity index (χ3n) is 5.04. The minimum absolute atomic E-state index is 0.0259. The number of carbonyl (C=O) groups excluding carboxylic acids is 2. The number of aromatic amines is 1. The Kier molecular flexibility index (Phi) is 12.2. The van der Waals surface area contributed by atoms with Gasteiger partial charge >= 0.3 is 11.7 Å². The maximum atomic E-state index is 13.8. The van der Waals surface area contributed by atoms with Crippen molar-refractivity contribution < 1.29 is 32.5 Å². The average Bonchev–Trinajstić information content (AvgIpc) is 3.10. The number of alkyl halides is 2. The molecule has 0 aromatic carbocycles. The number of thioether (sulfide) groups is 1. The first-order chi connectivity index (χ1) is 17.8. The van der Waals surface area contributed by atoms with E-state index in [0.29, 0.717) is 11.9 Å². The number of hydrogen-bond acceptors (Lipinski definition) is 10. The molecule has 17 heteroatoms. The van der Waals surface area contributed by atoms with Gasteiger partial charge in [-0.1, -0.05) is 55.7 Å². The van der Waals surface area contributed by atoms with E-state index in [1.54, 1.807) is 34.6 Å². The molecule has 2 N–H and O–H groups in total. The number of ether oxygens (including phenoxy) is 2. The normalized spacial score (nSPS) is 21.5. The first-order valence-electron chi connectivity index (χ1n) is 11.9. The molecule has 1 fully saturated rings. The molecule has 0 aliphatic carbocycles. The molecule has 39 heavy (non-hydrogen) atoms. The fraction of sp³-hybridized carbons (Fsp3) is 0.727. The van der Waals surface area contributed by atoms with Crippen molar-refractivity contribution in [2.75, 3.05) is 19.0 Å². The molecular weight excluding hydrogens is 619 g/mol. The summed E-state index contributed by atoms with van der Waals surface area (Å²) < 4.78 is 35.6. The van der Waals surface area contributed by atoms with Crippen molar-refractivity contribution in [3.05, 3.63) is 32.9 Å². The van der Waals surface area contributed by atoms with Gasteiger partial charge in [-0.25, -0.2) is 9.88 Å². The van der Waals surface area contributed by atoms with Crippen LogP contribution in [0.3, 0.4) is 0 Å². The van der Waals surface area contributed by atoms with Crippen LogP contribution in [0.15, 0.2) is 15.8 Å². The van der Waals surface area contributed by atoms with Gasteiger partial charge in [0, 0.05) is 17.6 Å². The monoisotopic (exact) mass is 651 g/mol. The Hall–Kier alpha value is -0.830. The smallest absolute Gasteiger partial charge is 0.330 e. The number of esters is 1. The predicted octanol–water partition coefficient (Wildman–Crippen LogP) is 3.63. The predicted molar refractivity (Wildman–Crippen MR) is 151 cm³/mol. The van der Waals surface area contributed by atoms with Crippen molar-refractivity contribution >= 4 is 64.5 Å². The van der Waals surface area contributed by atoms with E-state index in [9.17, 15) is 23.6 Å². The van der Waals surface area contributed by atoms with E-state index in [1.165, 1.54) is 6.92 Å². The molecule has 0 bridgehead atoms. The van der Waals surface area contributed by atoms with Gasteiger partial charge in [-0.15, -0.1) is 0 Å². The molecular formula is C22H33Cl2FN3O8PS2. The van der Waals surface area contributed by atoms with Crippen molar-refractivity contribution in [2.45, 2.75) is 76.8 Å². The summed E-state index contributed by atoms with van der Waals surface area (Å²) in [4.78, 5) is 50.0. The second-order valence-corrected chi connectivity index (χ2v) is 15.9. The molecule has 11 nitrogen and oxygen atoms in total. The number of aromatic nitrogens is 2. The molecule has 222 valence electrons. The number of halogens is 3. The zero-order chi connectivity index (χ0) is 29.8. The Balaban J connectivity index is 2.13. The van der Waals surface area contributed by atoms with Gasteiger partial charge < -0.3 is 18.5 Å². The maximum Gasteiger partial charge on any atom is 0.330 e. The van der Waals surface area contributed by atoms with E-state index >= 15 is 0 Å². The number of rotatable bonds is 12. The van der Waals surface area contributed by atoms with Gasteiger partial charge in [0.2, 0.25) is 5.82 Å². The molecule has 0 amide bonds. The van der Waals surface area contributed by atoms with Gasteiger partial charge in [-0.2, -0.15) is 4.39 Å². The van der Waals surface area contributed by atoms with Crippen LogP contribution in [0.25, 0.3) is 0 Å². The molecule has 1 aliphatic rings. The third-order valence-corrected chi connectivity index (χ3v) is 9.63. The zero-order valence-electron chi connectivity index (χ0n) is 22.3. The van der Waals surface area contributed by atoms with Crippen LogP contribution in [0.2, 0.25) is 0 Å². The summed E-state index contributed by atoms with van der Waals surface area (Å²) in [7, 11) is 0. The number of hydrogen-bond donors (Lipinski definition) is 2. The van der Waals surface area contributed by atoms with Gasteiger partial charge in [-0.05, 0) is 32.6 Å². The Morgan fingerprint density at radius 1 is 1.33 bits per heavy atom. The molecule has 2 heterocycles. The fourth-order valence-electron chi connectivity index (χ4n) is 3.16. The summed E-state index contributed by atoms with van der Waals surface area (Å²) in [5.74, 6) is -1.50. The summed E-state index contributed by atoms with van der Waals surface area (Å²) in [5, 5.41) is 2.85. The fourth-order valence-corrected chi connectivity index (χ4v) is 7.11.